The van der Waals surface area contributed by atoms with Crippen LogP contribution in [0.15, 0.2) is 23.1 Å². The molecule has 0 aliphatic heterocycles. The van der Waals surface area contributed by atoms with Gasteiger partial charge in [-0.05, 0) is 18.6 Å². The fraction of sp³-hybridized carbons (Fsp3) is 0.417. The molecule has 0 radical (unpaired) electrons. The summed E-state index contributed by atoms with van der Waals surface area (Å²) in [5, 5.41) is 19.8. The van der Waals surface area contributed by atoms with Gasteiger partial charge in [0.15, 0.2) is 4.90 Å². The molecule has 0 aromatic heterocycles. The first-order chi connectivity index (χ1) is 9.88. The summed E-state index contributed by atoms with van der Waals surface area (Å²) < 4.78 is 30.7. The molecule has 0 unspecified atom stereocenters. The van der Waals surface area contributed by atoms with E-state index < -0.39 is 25.5 Å². The van der Waals surface area contributed by atoms with Gasteiger partial charge in [-0.2, -0.15) is 9.57 Å². The van der Waals surface area contributed by atoms with Crippen LogP contribution in [0, 0.1) is 21.4 Å². The molecular formula is C12H15N3O5S. The smallest absolute Gasteiger partial charge is 0.293 e. The molecule has 0 fully saturated rings. The zero-order valence-electron chi connectivity index (χ0n) is 11.6. The lowest BCUT2D eigenvalue weighted by Crippen LogP contribution is -2.32. The Morgan fingerprint density at radius 2 is 2.14 bits per heavy atom. The summed E-state index contributed by atoms with van der Waals surface area (Å²) in [6, 6.07) is 5.24. The average molecular weight is 313 g/mol. The van der Waals surface area contributed by atoms with Crippen LogP contribution in [0.4, 0.5) is 5.69 Å². The Balaban J connectivity index is 3.42. The third kappa shape index (κ3) is 3.68. The summed E-state index contributed by atoms with van der Waals surface area (Å²) in [5.74, 6) is 0.183. The monoisotopic (exact) mass is 313 g/mol. The average Bonchev–Trinajstić information content (AvgIpc) is 2.46. The van der Waals surface area contributed by atoms with E-state index >= 15 is 0 Å². The molecule has 0 spiro atoms. The van der Waals surface area contributed by atoms with Crippen molar-refractivity contribution in [3.63, 3.8) is 0 Å². The van der Waals surface area contributed by atoms with Crippen molar-refractivity contribution in [2.45, 2.75) is 18.2 Å². The molecule has 0 saturated carbocycles. The van der Waals surface area contributed by atoms with Crippen LogP contribution in [0.2, 0.25) is 0 Å². The molecule has 1 aromatic rings. The Morgan fingerprint density at radius 1 is 1.48 bits per heavy atom. The van der Waals surface area contributed by atoms with Gasteiger partial charge in [0.1, 0.15) is 12.3 Å². The van der Waals surface area contributed by atoms with E-state index in [-0.39, 0.29) is 18.8 Å². The number of nitro benzene ring substituents is 1. The minimum absolute atomic E-state index is 0.110. The molecule has 114 valence electrons. The van der Waals surface area contributed by atoms with Crippen molar-refractivity contribution >= 4 is 15.7 Å². The molecule has 0 amide bonds. The van der Waals surface area contributed by atoms with E-state index in [0.29, 0.717) is 6.42 Å². The highest BCUT2D eigenvalue weighted by Gasteiger charge is 2.31. The van der Waals surface area contributed by atoms with Gasteiger partial charge in [0.2, 0.25) is 0 Å². The first-order valence-corrected chi connectivity index (χ1v) is 7.52. The highest BCUT2D eigenvalue weighted by atomic mass is 32.2. The first kappa shape index (κ1) is 16.9. The van der Waals surface area contributed by atoms with Gasteiger partial charge in [-0.25, -0.2) is 8.42 Å². The van der Waals surface area contributed by atoms with E-state index in [1.165, 1.54) is 13.2 Å². The first-order valence-electron chi connectivity index (χ1n) is 6.08. The molecule has 0 aliphatic rings. The summed E-state index contributed by atoms with van der Waals surface area (Å²) in [4.78, 5) is 9.84. The van der Waals surface area contributed by atoms with E-state index in [2.05, 4.69) is 0 Å². The van der Waals surface area contributed by atoms with Gasteiger partial charge in [0.25, 0.3) is 15.7 Å². The van der Waals surface area contributed by atoms with Crippen LogP contribution in [-0.4, -0.2) is 37.8 Å². The van der Waals surface area contributed by atoms with Crippen molar-refractivity contribution in [2.75, 3.05) is 20.2 Å². The SMILES string of the molecule is CCCN(CC#N)S(=O)(=O)c1ccc(OC)cc1[N+](=O)[O-]. The maximum atomic E-state index is 12.5. The van der Waals surface area contributed by atoms with Crippen molar-refractivity contribution in [2.24, 2.45) is 0 Å². The third-order valence-corrected chi connectivity index (χ3v) is 4.59. The normalized spacial score (nSPS) is 11.1. The lowest BCUT2D eigenvalue weighted by molar-refractivity contribution is -0.387. The summed E-state index contributed by atoms with van der Waals surface area (Å²) in [6.45, 7) is 1.50. The van der Waals surface area contributed by atoms with Gasteiger partial charge in [-0.1, -0.05) is 6.92 Å². The fourth-order valence-electron chi connectivity index (χ4n) is 1.74. The van der Waals surface area contributed by atoms with Crippen LogP contribution in [0.25, 0.3) is 0 Å². The lowest BCUT2D eigenvalue weighted by Gasteiger charge is -2.18. The van der Waals surface area contributed by atoms with Gasteiger partial charge in [0, 0.05) is 6.54 Å². The Hall–Kier alpha value is -2.18. The maximum Gasteiger partial charge on any atom is 0.293 e. The summed E-state index contributed by atoms with van der Waals surface area (Å²) in [6.07, 6.45) is 0.491. The number of benzene rings is 1. The molecule has 21 heavy (non-hydrogen) atoms. The number of rotatable bonds is 7. The van der Waals surface area contributed by atoms with E-state index in [1.807, 2.05) is 0 Å². The molecule has 0 aliphatic carbocycles. The number of hydrogen-bond donors (Lipinski definition) is 0. The van der Waals surface area contributed by atoms with E-state index in [1.54, 1.807) is 13.0 Å². The van der Waals surface area contributed by atoms with Gasteiger partial charge in [0.05, 0.1) is 24.2 Å². The quantitative estimate of drug-likeness (QED) is 0.428. The molecular weight excluding hydrogens is 298 g/mol. The van der Waals surface area contributed by atoms with Crippen molar-refractivity contribution in [3.8, 4) is 11.8 Å². The highest BCUT2D eigenvalue weighted by Crippen LogP contribution is 2.30. The van der Waals surface area contributed by atoms with Crippen molar-refractivity contribution in [3.05, 3.63) is 28.3 Å². The minimum atomic E-state index is -4.11. The third-order valence-electron chi connectivity index (χ3n) is 2.70. The fourth-order valence-corrected chi connectivity index (χ4v) is 3.30. The zero-order valence-corrected chi connectivity index (χ0v) is 12.5. The Labute approximate surface area is 122 Å². The van der Waals surface area contributed by atoms with Crippen LogP contribution in [0.5, 0.6) is 5.75 Å². The predicted octanol–water partition coefficient (Wildman–Crippen LogP) is 1.53. The Kier molecular flexibility index (Phi) is 5.63. The number of hydrogen-bond acceptors (Lipinski definition) is 6. The number of methoxy groups -OCH3 is 1. The number of nitriles is 1. The summed E-state index contributed by atoms with van der Waals surface area (Å²) in [5.41, 5.74) is -0.576. The molecule has 8 nitrogen and oxygen atoms in total. The number of ether oxygens (including phenoxy) is 1. The van der Waals surface area contributed by atoms with Crippen molar-refractivity contribution in [1.29, 1.82) is 5.26 Å². The van der Waals surface area contributed by atoms with Crippen LogP contribution in [-0.2, 0) is 10.0 Å². The summed E-state index contributed by atoms with van der Waals surface area (Å²) >= 11 is 0. The molecule has 0 saturated heterocycles. The second-order valence-electron chi connectivity index (χ2n) is 4.09. The molecule has 9 heteroatoms. The van der Waals surface area contributed by atoms with Crippen LogP contribution in [0.3, 0.4) is 0 Å². The summed E-state index contributed by atoms with van der Waals surface area (Å²) in [7, 11) is -2.79. The van der Waals surface area contributed by atoms with E-state index in [4.69, 9.17) is 10.00 Å². The van der Waals surface area contributed by atoms with Crippen LogP contribution in [0.1, 0.15) is 13.3 Å². The van der Waals surface area contributed by atoms with Crippen molar-refractivity contribution < 1.29 is 18.1 Å². The maximum absolute atomic E-state index is 12.5. The Bertz CT molecular complexity index is 666. The standard InChI is InChI=1S/C12H15N3O5S/c1-3-7-14(8-6-13)21(18,19)12-5-4-10(20-2)9-11(12)15(16)17/h4-5,9H,3,7-8H2,1-2H3. The van der Waals surface area contributed by atoms with E-state index in [9.17, 15) is 18.5 Å². The molecule has 0 atom stereocenters. The predicted molar refractivity (Wildman–Crippen MR) is 74.3 cm³/mol. The second-order valence-corrected chi connectivity index (χ2v) is 5.99. The van der Waals surface area contributed by atoms with Gasteiger partial charge in [-0.15, -0.1) is 0 Å². The number of nitro groups is 1. The lowest BCUT2D eigenvalue weighted by atomic mass is 10.3. The molecule has 1 rings (SSSR count). The van der Waals surface area contributed by atoms with Gasteiger partial charge >= 0.3 is 0 Å². The zero-order chi connectivity index (χ0) is 16.0. The molecule has 0 bridgehead atoms. The highest BCUT2D eigenvalue weighted by molar-refractivity contribution is 7.89. The number of nitrogens with zero attached hydrogens (tertiary/aromatic N) is 3. The van der Waals surface area contributed by atoms with Gasteiger partial charge in [-0.3, -0.25) is 10.1 Å². The van der Waals surface area contributed by atoms with Crippen LogP contribution < -0.4 is 4.74 Å². The molecule has 1 aromatic carbocycles. The van der Waals surface area contributed by atoms with Crippen molar-refractivity contribution in [1.82, 2.24) is 4.31 Å². The van der Waals surface area contributed by atoms with Gasteiger partial charge < -0.3 is 4.74 Å². The number of sulfonamides is 1. The molecule has 0 N–H and O–H groups in total. The molecule has 0 heterocycles. The second kappa shape index (κ2) is 7.01. The Morgan fingerprint density at radius 3 is 2.62 bits per heavy atom. The van der Waals surface area contributed by atoms with Crippen LogP contribution >= 0.6 is 0 Å². The minimum Gasteiger partial charge on any atom is -0.497 e. The largest absolute Gasteiger partial charge is 0.497 e. The topological polar surface area (TPSA) is 114 Å². The van der Waals surface area contributed by atoms with E-state index in [0.717, 1.165) is 16.4 Å².